The van der Waals surface area contributed by atoms with Crippen LogP contribution < -0.4 is 4.74 Å². The molecule has 0 aromatic heterocycles. The van der Waals surface area contributed by atoms with Crippen molar-refractivity contribution in [2.75, 3.05) is 7.11 Å². The zero-order valence-electron chi connectivity index (χ0n) is 6.79. The van der Waals surface area contributed by atoms with Crippen molar-refractivity contribution in [2.24, 2.45) is 5.16 Å². The van der Waals surface area contributed by atoms with Crippen molar-refractivity contribution in [1.82, 2.24) is 0 Å². The van der Waals surface area contributed by atoms with E-state index in [1.807, 2.05) is 0 Å². The van der Waals surface area contributed by atoms with Crippen molar-refractivity contribution >= 4 is 29.4 Å². The molecule has 1 aromatic carbocycles. The van der Waals surface area contributed by atoms with Crippen LogP contribution in [0.5, 0.6) is 5.75 Å². The normalized spacial score (nSPS) is 10.7. The van der Waals surface area contributed by atoms with Gasteiger partial charge in [-0.1, -0.05) is 28.4 Å². The second kappa shape index (κ2) is 4.35. The third kappa shape index (κ3) is 2.26. The van der Waals surface area contributed by atoms with Crippen molar-refractivity contribution in [2.45, 2.75) is 0 Å². The van der Waals surface area contributed by atoms with Gasteiger partial charge in [-0.15, -0.1) is 0 Å². The zero-order valence-corrected chi connectivity index (χ0v) is 8.30. The minimum absolute atomic E-state index is 0.377. The molecule has 13 heavy (non-hydrogen) atoms. The molecule has 0 amide bonds. The molecule has 0 fully saturated rings. The van der Waals surface area contributed by atoms with Crippen LogP contribution in [0.4, 0.5) is 0 Å². The van der Waals surface area contributed by atoms with Gasteiger partial charge in [0.15, 0.2) is 0 Å². The molecular weight excluding hydrogens is 213 g/mol. The molecule has 1 N–H and O–H groups in total. The van der Waals surface area contributed by atoms with Crippen LogP contribution >= 0.6 is 23.2 Å². The van der Waals surface area contributed by atoms with Crippen molar-refractivity contribution in [3.8, 4) is 5.75 Å². The Morgan fingerprint density at radius 3 is 2.31 bits per heavy atom. The summed E-state index contributed by atoms with van der Waals surface area (Å²) in [7, 11) is 1.52. The Hall–Kier alpha value is -0.930. The number of methoxy groups -OCH3 is 1. The maximum atomic E-state index is 8.32. The Morgan fingerprint density at radius 1 is 1.38 bits per heavy atom. The highest BCUT2D eigenvalue weighted by Gasteiger charge is 2.06. The summed E-state index contributed by atoms with van der Waals surface area (Å²) in [5, 5.41) is 11.9. The van der Waals surface area contributed by atoms with Gasteiger partial charge < -0.3 is 9.94 Å². The summed E-state index contributed by atoms with van der Waals surface area (Å²) in [5.74, 6) is 0.560. The van der Waals surface area contributed by atoms with Gasteiger partial charge in [-0.25, -0.2) is 0 Å². The number of ether oxygens (including phenoxy) is 1. The molecule has 70 valence electrons. The summed E-state index contributed by atoms with van der Waals surface area (Å²) in [5.41, 5.74) is 0.464. The smallest absolute Gasteiger partial charge is 0.121 e. The highest BCUT2D eigenvalue weighted by Crippen LogP contribution is 2.28. The molecule has 0 heterocycles. The Kier molecular flexibility index (Phi) is 3.39. The van der Waals surface area contributed by atoms with E-state index in [4.69, 9.17) is 33.1 Å². The van der Waals surface area contributed by atoms with E-state index < -0.39 is 0 Å². The summed E-state index contributed by atoms with van der Waals surface area (Å²) in [6.45, 7) is 0. The van der Waals surface area contributed by atoms with Crippen LogP contribution in [0.2, 0.25) is 10.0 Å². The first kappa shape index (κ1) is 10.2. The molecule has 0 radical (unpaired) electrons. The number of hydrogen-bond donors (Lipinski definition) is 1. The topological polar surface area (TPSA) is 41.8 Å². The Bertz CT molecular complexity index is 316. The third-order valence-corrected chi connectivity index (χ3v) is 2.10. The lowest BCUT2D eigenvalue weighted by atomic mass is 10.2. The lowest BCUT2D eigenvalue weighted by Crippen LogP contribution is -1.89. The number of halogens is 2. The average Bonchev–Trinajstić information content (AvgIpc) is 2.11. The third-order valence-electron chi connectivity index (χ3n) is 1.48. The Balaban J connectivity index is 3.22. The first-order chi connectivity index (χ1) is 6.19. The minimum atomic E-state index is 0.377. The Labute approximate surface area is 85.5 Å². The zero-order chi connectivity index (χ0) is 9.84. The number of hydrogen-bond acceptors (Lipinski definition) is 3. The van der Waals surface area contributed by atoms with Gasteiger partial charge in [-0.05, 0) is 12.1 Å². The number of oxime groups is 1. The first-order valence-electron chi connectivity index (χ1n) is 3.39. The van der Waals surface area contributed by atoms with Crippen molar-refractivity contribution in [3.05, 3.63) is 27.7 Å². The lowest BCUT2D eigenvalue weighted by molar-refractivity contribution is 0.322. The fraction of sp³-hybridized carbons (Fsp3) is 0.125. The number of rotatable bonds is 2. The van der Waals surface area contributed by atoms with Crippen molar-refractivity contribution < 1.29 is 9.94 Å². The molecule has 0 spiro atoms. The van der Waals surface area contributed by atoms with E-state index in [1.54, 1.807) is 12.1 Å². The standard InChI is InChI=1S/C8H7Cl2NO2/c1-13-5-2-7(9)6(4-11-12)8(10)3-5/h2-4,12H,1H3/b11-4+. The number of nitrogens with zero attached hydrogens (tertiary/aromatic N) is 1. The number of benzene rings is 1. The maximum absolute atomic E-state index is 8.32. The molecule has 0 unspecified atom stereocenters. The molecule has 5 heteroatoms. The van der Waals surface area contributed by atoms with Gasteiger partial charge in [0.05, 0.1) is 23.4 Å². The predicted octanol–water partition coefficient (Wildman–Crippen LogP) is 2.81. The van der Waals surface area contributed by atoms with Gasteiger partial charge >= 0.3 is 0 Å². The highest BCUT2D eigenvalue weighted by atomic mass is 35.5. The summed E-state index contributed by atoms with van der Waals surface area (Å²) >= 11 is 11.7. The van der Waals surface area contributed by atoms with Crippen LogP contribution in [0.1, 0.15) is 5.56 Å². The van der Waals surface area contributed by atoms with E-state index >= 15 is 0 Å². The van der Waals surface area contributed by atoms with Crippen LogP contribution in [0.3, 0.4) is 0 Å². The molecule has 0 aliphatic carbocycles. The van der Waals surface area contributed by atoms with E-state index in [-0.39, 0.29) is 0 Å². The maximum Gasteiger partial charge on any atom is 0.121 e. The van der Waals surface area contributed by atoms with Crippen LogP contribution in [0, 0.1) is 0 Å². The van der Waals surface area contributed by atoms with Crippen LogP contribution in [0.15, 0.2) is 17.3 Å². The molecule has 3 nitrogen and oxygen atoms in total. The molecule has 0 aliphatic heterocycles. The average molecular weight is 220 g/mol. The predicted molar refractivity (Wildman–Crippen MR) is 52.4 cm³/mol. The summed E-state index contributed by atoms with van der Waals surface area (Å²) in [6.07, 6.45) is 1.17. The second-order valence-electron chi connectivity index (χ2n) is 2.25. The van der Waals surface area contributed by atoms with Crippen molar-refractivity contribution in [3.63, 3.8) is 0 Å². The van der Waals surface area contributed by atoms with Crippen LogP contribution in [0.25, 0.3) is 0 Å². The van der Waals surface area contributed by atoms with Crippen LogP contribution in [-0.4, -0.2) is 18.5 Å². The van der Waals surface area contributed by atoms with Gasteiger partial charge in [-0.2, -0.15) is 0 Å². The van der Waals surface area contributed by atoms with Gasteiger partial charge in [0.1, 0.15) is 5.75 Å². The largest absolute Gasteiger partial charge is 0.497 e. The van der Waals surface area contributed by atoms with Gasteiger partial charge in [0.2, 0.25) is 0 Å². The molecule has 1 aromatic rings. The Morgan fingerprint density at radius 2 is 1.92 bits per heavy atom. The molecule has 1 rings (SSSR count). The SMILES string of the molecule is COc1cc(Cl)c(/C=N/O)c(Cl)c1. The summed E-state index contributed by atoms with van der Waals surface area (Å²) in [4.78, 5) is 0. The minimum Gasteiger partial charge on any atom is -0.497 e. The monoisotopic (exact) mass is 219 g/mol. The fourth-order valence-electron chi connectivity index (χ4n) is 0.860. The van der Waals surface area contributed by atoms with E-state index in [1.165, 1.54) is 13.3 Å². The van der Waals surface area contributed by atoms with E-state index in [9.17, 15) is 0 Å². The molecular formula is C8H7Cl2NO2. The van der Waals surface area contributed by atoms with E-state index in [2.05, 4.69) is 5.16 Å². The van der Waals surface area contributed by atoms with Gasteiger partial charge in [-0.3, -0.25) is 0 Å². The van der Waals surface area contributed by atoms with Crippen molar-refractivity contribution in [1.29, 1.82) is 0 Å². The quantitative estimate of drug-likeness (QED) is 0.473. The lowest BCUT2D eigenvalue weighted by Gasteiger charge is -2.04. The first-order valence-corrected chi connectivity index (χ1v) is 4.15. The fourth-order valence-corrected chi connectivity index (χ4v) is 1.42. The summed E-state index contributed by atoms with van der Waals surface area (Å²) < 4.78 is 4.93. The second-order valence-corrected chi connectivity index (χ2v) is 3.06. The van der Waals surface area contributed by atoms with E-state index in [0.29, 0.717) is 21.4 Å². The molecule has 0 saturated heterocycles. The highest BCUT2D eigenvalue weighted by molar-refractivity contribution is 6.38. The summed E-state index contributed by atoms with van der Waals surface area (Å²) in [6, 6.07) is 3.18. The molecule has 0 saturated carbocycles. The van der Waals surface area contributed by atoms with Crippen LogP contribution in [-0.2, 0) is 0 Å². The van der Waals surface area contributed by atoms with Gasteiger partial charge in [0, 0.05) is 5.56 Å². The molecule has 0 atom stereocenters. The van der Waals surface area contributed by atoms with Gasteiger partial charge in [0.25, 0.3) is 0 Å². The molecule has 0 bridgehead atoms. The van der Waals surface area contributed by atoms with E-state index in [0.717, 1.165) is 0 Å². The molecule has 0 aliphatic rings.